The van der Waals surface area contributed by atoms with E-state index in [1.807, 2.05) is 0 Å². The Morgan fingerprint density at radius 1 is 1.44 bits per heavy atom. The van der Waals surface area contributed by atoms with Gasteiger partial charge in [-0.3, -0.25) is 0 Å². The largest absolute Gasteiger partial charge is 0.748 e. The zero-order valence-corrected chi connectivity index (χ0v) is 11.8. The fourth-order valence-corrected chi connectivity index (χ4v) is 1.80. The van der Waals surface area contributed by atoms with E-state index in [9.17, 15) is 17.8 Å². The molecule has 0 aliphatic heterocycles. The molecule has 0 spiro atoms. The number of carbonyl (C=O) groups excluding carboxylic acids is 1. The summed E-state index contributed by atoms with van der Waals surface area (Å²) in [5.74, 6) is -1.02. The first kappa shape index (κ1) is 14.9. The lowest BCUT2D eigenvalue weighted by molar-refractivity contribution is 0.0527. The minimum atomic E-state index is -4.38. The zero-order valence-electron chi connectivity index (χ0n) is 9.38. The van der Waals surface area contributed by atoms with Gasteiger partial charge in [-0.15, -0.1) is 0 Å². The van der Waals surface area contributed by atoms with Crippen LogP contribution < -0.4 is 4.74 Å². The lowest BCUT2D eigenvalue weighted by Gasteiger charge is -2.09. The van der Waals surface area contributed by atoms with Crippen LogP contribution in [-0.2, 0) is 14.9 Å². The highest BCUT2D eigenvalue weighted by Crippen LogP contribution is 2.25. The van der Waals surface area contributed by atoms with E-state index in [1.165, 1.54) is 19.2 Å². The predicted octanol–water partition coefficient (Wildman–Crippen LogP) is 1.16. The minimum Gasteiger partial charge on any atom is -0.748 e. The van der Waals surface area contributed by atoms with Gasteiger partial charge in [0.1, 0.15) is 12.4 Å². The van der Waals surface area contributed by atoms with E-state index >= 15 is 0 Å². The third-order valence-electron chi connectivity index (χ3n) is 1.95. The molecule has 0 radical (unpaired) electrons. The van der Waals surface area contributed by atoms with E-state index in [2.05, 4.69) is 20.7 Å². The maximum absolute atomic E-state index is 11.5. The second kappa shape index (κ2) is 6.17. The van der Waals surface area contributed by atoms with Crippen LogP contribution in [0.15, 0.2) is 22.7 Å². The highest BCUT2D eigenvalue weighted by atomic mass is 79.9. The summed E-state index contributed by atoms with van der Waals surface area (Å²) in [6.07, 6.45) is 0. The second-order valence-electron chi connectivity index (χ2n) is 3.25. The summed E-state index contributed by atoms with van der Waals surface area (Å²) in [5.41, 5.74) is 0.207. The summed E-state index contributed by atoms with van der Waals surface area (Å²) >= 11 is 3.22. The molecule has 0 bridgehead atoms. The van der Waals surface area contributed by atoms with Crippen molar-refractivity contribution in [2.24, 2.45) is 0 Å². The first-order valence-corrected chi connectivity index (χ1v) is 7.15. The monoisotopic (exact) mass is 337 g/mol. The van der Waals surface area contributed by atoms with Crippen LogP contribution in [0.2, 0.25) is 0 Å². The van der Waals surface area contributed by atoms with E-state index in [0.717, 1.165) is 0 Å². The van der Waals surface area contributed by atoms with Gasteiger partial charge in [-0.25, -0.2) is 13.2 Å². The highest BCUT2D eigenvalue weighted by Gasteiger charge is 2.10. The van der Waals surface area contributed by atoms with Crippen LogP contribution in [-0.4, -0.2) is 38.4 Å². The predicted molar refractivity (Wildman–Crippen MR) is 65.5 cm³/mol. The number of rotatable bonds is 5. The van der Waals surface area contributed by atoms with Gasteiger partial charge < -0.3 is 14.0 Å². The van der Waals surface area contributed by atoms with Gasteiger partial charge >= 0.3 is 5.97 Å². The van der Waals surface area contributed by atoms with Crippen molar-refractivity contribution in [3.05, 3.63) is 28.2 Å². The number of esters is 1. The van der Waals surface area contributed by atoms with Crippen LogP contribution in [0.1, 0.15) is 10.4 Å². The fourth-order valence-electron chi connectivity index (χ4n) is 1.11. The number of benzene rings is 1. The first-order chi connectivity index (χ1) is 8.33. The Morgan fingerprint density at radius 3 is 2.67 bits per heavy atom. The first-order valence-electron chi connectivity index (χ1n) is 4.77. The van der Waals surface area contributed by atoms with Gasteiger partial charge in [0.15, 0.2) is 0 Å². The number of methoxy groups -OCH3 is 1. The normalized spacial score (nSPS) is 11.1. The molecule has 0 saturated heterocycles. The average molecular weight is 338 g/mol. The van der Waals surface area contributed by atoms with Crippen molar-refractivity contribution in [1.29, 1.82) is 0 Å². The van der Waals surface area contributed by atoms with Crippen LogP contribution >= 0.6 is 15.9 Å². The van der Waals surface area contributed by atoms with Crippen LogP contribution in [0, 0.1) is 0 Å². The molecule has 0 saturated carbocycles. The van der Waals surface area contributed by atoms with Crippen molar-refractivity contribution in [2.75, 3.05) is 19.5 Å². The van der Waals surface area contributed by atoms with Crippen LogP contribution in [0.4, 0.5) is 0 Å². The minimum absolute atomic E-state index is 0.207. The third kappa shape index (κ3) is 4.63. The van der Waals surface area contributed by atoms with E-state index < -0.39 is 28.4 Å². The van der Waals surface area contributed by atoms with Gasteiger partial charge in [0.2, 0.25) is 0 Å². The van der Waals surface area contributed by atoms with Crippen LogP contribution in [0.3, 0.4) is 0 Å². The smallest absolute Gasteiger partial charge is 0.338 e. The Hall–Kier alpha value is -1.12. The SMILES string of the molecule is COc1cc(C(=O)OCCS(=O)(=O)[O-])ccc1Br. The van der Waals surface area contributed by atoms with Crippen molar-refractivity contribution in [3.8, 4) is 5.75 Å². The number of ether oxygens (including phenoxy) is 2. The van der Waals surface area contributed by atoms with Crippen molar-refractivity contribution >= 4 is 32.0 Å². The van der Waals surface area contributed by atoms with Crippen molar-refractivity contribution < 1.29 is 27.2 Å². The van der Waals surface area contributed by atoms with Gasteiger partial charge in [0, 0.05) is 0 Å². The molecule has 0 unspecified atom stereocenters. The lowest BCUT2D eigenvalue weighted by Crippen LogP contribution is -2.15. The van der Waals surface area contributed by atoms with E-state index in [0.29, 0.717) is 10.2 Å². The summed E-state index contributed by atoms with van der Waals surface area (Å²) < 4.78 is 41.3. The van der Waals surface area contributed by atoms with Gasteiger partial charge in [0.05, 0.1) is 33.0 Å². The topological polar surface area (TPSA) is 92.7 Å². The standard InChI is InChI=1S/C10H11BrO6S/c1-16-9-6-7(2-3-8(9)11)10(12)17-4-5-18(13,14)15/h2-3,6H,4-5H2,1H3,(H,13,14,15)/p-1. The number of hydrogen-bond acceptors (Lipinski definition) is 6. The summed E-state index contributed by atoms with van der Waals surface area (Å²) in [5, 5.41) is 0. The molecule has 1 aromatic carbocycles. The molecule has 0 fully saturated rings. The number of halogens is 1. The van der Waals surface area contributed by atoms with Gasteiger partial charge in [-0.05, 0) is 34.1 Å². The molecule has 0 heterocycles. The molecular formula is C10H10BrO6S-. The second-order valence-corrected chi connectivity index (χ2v) is 5.62. The van der Waals surface area contributed by atoms with Crippen molar-refractivity contribution in [2.45, 2.75) is 0 Å². The van der Waals surface area contributed by atoms with E-state index in [-0.39, 0.29) is 5.56 Å². The van der Waals surface area contributed by atoms with Crippen molar-refractivity contribution in [1.82, 2.24) is 0 Å². The molecule has 0 aromatic heterocycles. The molecule has 1 rings (SSSR count). The number of hydrogen-bond donors (Lipinski definition) is 0. The molecule has 0 N–H and O–H groups in total. The maximum Gasteiger partial charge on any atom is 0.338 e. The Bertz CT molecular complexity index is 539. The molecule has 8 heteroatoms. The fraction of sp³-hybridized carbons (Fsp3) is 0.300. The average Bonchev–Trinajstić information content (AvgIpc) is 2.27. The Kier molecular flexibility index (Phi) is 5.12. The molecule has 0 aliphatic carbocycles. The Morgan fingerprint density at radius 2 is 2.11 bits per heavy atom. The molecule has 0 aliphatic rings. The molecule has 6 nitrogen and oxygen atoms in total. The number of carbonyl (C=O) groups is 1. The highest BCUT2D eigenvalue weighted by molar-refractivity contribution is 9.10. The Balaban J connectivity index is 2.67. The zero-order chi connectivity index (χ0) is 13.8. The molecular weight excluding hydrogens is 328 g/mol. The molecule has 0 atom stereocenters. The third-order valence-corrected chi connectivity index (χ3v) is 3.28. The van der Waals surface area contributed by atoms with Gasteiger partial charge in [0.25, 0.3) is 0 Å². The van der Waals surface area contributed by atoms with Gasteiger partial charge in [-0.2, -0.15) is 0 Å². The quantitative estimate of drug-likeness (QED) is 0.591. The summed E-state index contributed by atoms with van der Waals surface area (Å²) in [6.45, 7) is -0.469. The molecule has 1 aromatic rings. The molecule has 18 heavy (non-hydrogen) atoms. The van der Waals surface area contributed by atoms with Crippen molar-refractivity contribution in [3.63, 3.8) is 0 Å². The lowest BCUT2D eigenvalue weighted by atomic mass is 10.2. The van der Waals surface area contributed by atoms with Gasteiger partial charge in [-0.1, -0.05) is 0 Å². The van der Waals surface area contributed by atoms with Crippen LogP contribution in [0.25, 0.3) is 0 Å². The van der Waals surface area contributed by atoms with E-state index in [4.69, 9.17) is 4.74 Å². The van der Waals surface area contributed by atoms with Crippen LogP contribution in [0.5, 0.6) is 5.75 Å². The molecule has 0 amide bonds. The maximum atomic E-state index is 11.5. The van der Waals surface area contributed by atoms with E-state index in [1.54, 1.807) is 6.07 Å². The summed E-state index contributed by atoms with van der Waals surface area (Å²) in [4.78, 5) is 11.5. The Labute approximate surface area is 113 Å². The summed E-state index contributed by atoms with van der Waals surface area (Å²) in [6, 6.07) is 4.53. The summed E-state index contributed by atoms with van der Waals surface area (Å²) in [7, 11) is -2.94. The molecule has 100 valence electrons.